The minimum atomic E-state index is -0.321. The number of rotatable bonds is 2. The lowest BCUT2D eigenvalue weighted by Gasteiger charge is -2.08. The molecule has 0 unspecified atom stereocenters. The molecule has 0 aliphatic heterocycles. The lowest BCUT2D eigenvalue weighted by Crippen LogP contribution is -1.91. The van der Waals surface area contributed by atoms with Crippen LogP contribution in [0.15, 0.2) is 39.4 Å². The monoisotopic (exact) mass is 359 g/mol. The zero-order chi connectivity index (χ0) is 12.4. The van der Waals surface area contributed by atoms with Crippen LogP contribution in [0.4, 0.5) is 4.39 Å². The Bertz CT molecular complexity index is 560. The smallest absolute Gasteiger partial charge is 0.222 e. The lowest BCUT2D eigenvalue weighted by molar-refractivity contribution is 0.456. The third-order valence-electron chi connectivity index (χ3n) is 2.10. The molecule has 0 aliphatic rings. The van der Waals surface area contributed by atoms with Crippen LogP contribution in [0, 0.1) is 12.7 Å². The van der Waals surface area contributed by atoms with Gasteiger partial charge in [0.15, 0.2) is 0 Å². The number of hydrogen-bond donors (Lipinski definition) is 0. The van der Waals surface area contributed by atoms with E-state index in [1.165, 1.54) is 6.07 Å². The van der Waals surface area contributed by atoms with Crippen molar-refractivity contribution in [2.45, 2.75) is 6.92 Å². The zero-order valence-corrected chi connectivity index (χ0v) is 12.0. The van der Waals surface area contributed by atoms with Crippen LogP contribution >= 0.6 is 31.9 Å². The van der Waals surface area contributed by atoms with Crippen molar-refractivity contribution >= 4 is 31.9 Å². The fourth-order valence-electron chi connectivity index (χ4n) is 1.29. The molecule has 1 heterocycles. The standard InChI is InChI=1S/C12H8Br2FNO/c1-7-4-8(13)6-16-12(7)17-9-2-3-11(15)10(14)5-9/h2-6H,1H3. The van der Waals surface area contributed by atoms with Crippen molar-refractivity contribution in [1.29, 1.82) is 0 Å². The Hall–Kier alpha value is -0.940. The molecule has 0 radical (unpaired) electrons. The van der Waals surface area contributed by atoms with Gasteiger partial charge in [0.25, 0.3) is 0 Å². The summed E-state index contributed by atoms with van der Waals surface area (Å²) in [7, 11) is 0. The van der Waals surface area contributed by atoms with Gasteiger partial charge in [0.05, 0.1) is 4.47 Å². The van der Waals surface area contributed by atoms with E-state index in [1.807, 2.05) is 13.0 Å². The van der Waals surface area contributed by atoms with E-state index in [4.69, 9.17) is 4.74 Å². The van der Waals surface area contributed by atoms with E-state index in [0.717, 1.165) is 10.0 Å². The maximum Gasteiger partial charge on any atom is 0.222 e. The van der Waals surface area contributed by atoms with Gasteiger partial charge in [0, 0.05) is 16.2 Å². The Labute approximate surface area is 115 Å². The molecule has 0 spiro atoms. The van der Waals surface area contributed by atoms with Crippen molar-refractivity contribution in [3.05, 3.63) is 50.8 Å². The van der Waals surface area contributed by atoms with Gasteiger partial charge in [-0.2, -0.15) is 0 Å². The lowest BCUT2D eigenvalue weighted by atomic mass is 10.3. The third-order valence-corrected chi connectivity index (χ3v) is 3.14. The first-order valence-electron chi connectivity index (χ1n) is 4.81. The summed E-state index contributed by atoms with van der Waals surface area (Å²) in [5, 5.41) is 0. The quantitative estimate of drug-likeness (QED) is 0.763. The van der Waals surface area contributed by atoms with Crippen molar-refractivity contribution in [3.63, 3.8) is 0 Å². The predicted octanol–water partition coefficient (Wildman–Crippen LogP) is 4.85. The summed E-state index contributed by atoms with van der Waals surface area (Å²) in [6.07, 6.45) is 1.65. The highest BCUT2D eigenvalue weighted by Crippen LogP contribution is 2.27. The van der Waals surface area contributed by atoms with Gasteiger partial charge in [-0.05, 0) is 63.0 Å². The molecule has 0 aliphatic carbocycles. The molecule has 0 fully saturated rings. The van der Waals surface area contributed by atoms with Crippen LogP contribution in [-0.2, 0) is 0 Å². The van der Waals surface area contributed by atoms with Crippen molar-refractivity contribution in [1.82, 2.24) is 4.98 Å². The van der Waals surface area contributed by atoms with E-state index in [1.54, 1.807) is 18.3 Å². The molecule has 2 aromatic rings. The molecule has 1 aromatic carbocycles. The van der Waals surface area contributed by atoms with Gasteiger partial charge in [-0.25, -0.2) is 9.37 Å². The van der Waals surface area contributed by atoms with Gasteiger partial charge in [-0.15, -0.1) is 0 Å². The average Bonchev–Trinajstić information content (AvgIpc) is 2.27. The van der Waals surface area contributed by atoms with Crippen molar-refractivity contribution in [2.24, 2.45) is 0 Å². The fraction of sp³-hybridized carbons (Fsp3) is 0.0833. The number of benzene rings is 1. The van der Waals surface area contributed by atoms with Crippen molar-refractivity contribution in [3.8, 4) is 11.6 Å². The van der Waals surface area contributed by atoms with Gasteiger partial charge >= 0.3 is 0 Å². The van der Waals surface area contributed by atoms with Gasteiger partial charge in [-0.3, -0.25) is 0 Å². The molecule has 5 heteroatoms. The topological polar surface area (TPSA) is 22.1 Å². The Morgan fingerprint density at radius 1 is 1.24 bits per heavy atom. The third kappa shape index (κ3) is 3.04. The second kappa shape index (κ2) is 5.14. The number of ether oxygens (including phenoxy) is 1. The molecule has 1 aromatic heterocycles. The van der Waals surface area contributed by atoms with Crippen molar-refractivity contribution in [2.75, 3.05) is 0 Å². The summed E-state index contributed by atoms with van der Waals surface area (Å²) in [5.74, 6) is 0.723. The molecule has 17 heavy (non-hydrogen) atoms. The van der Waals surface area contributed by atoms with Crippen LogP contribution in [0.1, 0.15) is 5.56 Å². The SMILES string of the molecule is Cc1cc(Br)cnc1Oc1ccc(F)c(Br)c1. The summed E-state index contributed by atoms with van der Waals surface area (Å²) >= 11 is 6.43. The molecular formula is C12H8Br2FNO. The maximum absolute atomic E-state index is 13.0. The van der Waals surface area contributed by atoms with Crippen LogP contribution in [-0.4, -0.2) is 4.98 Å². The van der Waals surface area contributed by atoms with Gasteiger partial charge in [0.2, 0.25) is 5.88 Å². The summed E-state index contributed by atoms with van der Waals surface area (Å²) in [6, 6.07) is 6.37. The molecule has 0 N–H and O–H groups in total. The highest BCUT2D eigenvalue weighted by molar-refractivity contribution is 9.10. The predicted molar refractivity (Wildman–Crippen MR) is 70.8 cm³/mol. The van der Waals surface area contributed by atoms with E-state index < -0.39 is 0 Å². The highest BCUT2D eigenvalue weighted by Gasteiger charge is 2.06. The number of pyridine rings is 1. The van der Waals surface area contributed by atoms with Gasteiger partial charge in [-0.1, -0.05) is 0 Å². The van der Waals surface area contributed by atoms with E-state index in [2.05, 4.69) is 36.8 Å². The highest BCUT2D eigenvalue weighted by atomic mass is 79.9. The largest absolute Gasteiger partial charge is 0.439 e. The van der Waals surface area contributed by atoms with Crippen molar-refractivity contribution < 1.29 is 9.13 Å². The van der Waals surface area contributed by atoms with Crippen LogP contribution in [0.3, 0.4) is 0 Å². The van der Waals surface area contributed by atoms with Crippen LogP contribution in [0.5, 0.6) is 11.6 Å². The molecule has 0 bridgehead atoms. The second-order valence-corrected chi connectivity index (χ2v) is 5.22. The molecule has 88 valence electrons. The number of hydrogen-bond acceptors (Lipinski definition) is 2. The summed E-state index contributed by atoms with van der Waals surface area (Å²) in [5.41, 5.74) is 0.903. The Kier molecular flexibility index (Phi) is 3.79. The molecule has 0 saturated heterocycles. The maximum atomic E-state index is 13.0. The first-order valence-corrected chi connectivity index (χ1v) is 6.40. The molecule has 2 nitrogen and oxygen atoms in total. The van der Waals surface area contributed by atoms with Gasteiger partial charge in [0.1, 0.15) is 11.6 Å². The number of nitrogens with zero attached hydrogens (tertiary/aromatic N) is 1. The van der Waals surface area contributed by atoms with Gasteiger partial charge < -0.3 is 4.74 Å². The number of aryl methyl sites for hydroxylation is 1. The molecular weight excluding hydrogens is 353 g/mol. The van der Waals surface area contributed by atoms with E-state index in [-0.39, 0.29) is 5.82 Å². The van der Waals surface area contributed by atoms with Crippen LogP contribution in [0.2, 0.25) is 0 Å². The molecule has 0 saturated carbocycles. The Balaban J connectivity index is 2.28. The Morgan fingerprint density at radius 2 is 2.00 bits per heavy atom. The van der Waals surface area contributed by atoms with E-state index in [9.17, 15) is 4.39 Å². The van der Waals surface area contributed by atoms with Crippen LogP contribution < -0.4 is 4.74 Å². The fourth-order valence-corrected chi connectivity index (χ4v) is 2.09. The Morgan fingerprint density at radius 3 is 2.65 bits per heavy atom. The molecule has 2 rings (SSSR count). The number of halogens is 3. The molecule has 0 amide bonds. The minimum Gasteiger partial charge on any atom is -0.439 e. The summed E-state index contributed by atoms with van der Waals surface area (Å²) in [6.45, 7) is 1.89. The number of aromatic nitrogens is 1. The first-order chi connectivity index (χ1) is 8.06. The minimum absolute atomic E-state index is 0.321. The average molecular weight is 361 g/mol. The second-order valence-electron chi connectivity index (χ2n) is 3.45. The molecule has 0 atom stereocenters. The normalized spacial score (nSPS) is 10.4. The van der Waals surface area contributed by atoms with E-state index >= 15 is 0 Å². The summed E-state index contributed by atoms with van der Waals surface area (Å²) in [4.78, 5) is 4.15. The summed E-state index contributed by atoms with van der Waals surface area (Å²) < 4.78 is 19.9. The first kappa shape index (κ1) is 12.5. The van der Waals surface area contributed by atoms with Crippen LogP contribution in [0.25, 0.3) is 0 Å². The van der Waals surface area contributed by atoms with E-state index in [0.29, 0.717) is 16.1 Å². The zero-order valence-electron chi connectivity index (χ0n) is 8.88.